The predicted molar refractivity (Wildman–Crippen MR) is 279 cm³/mol. The second-order valence-corrected chi connectivity index (χ2v) is 19.6. The van der Waals surface area contributed by atoms with E-state index in [1.165, 1.54) is 212 Å². The summed E-state index contributed by atoms with van der Waals surface area (Å²) in [6, 6.07) is 0. The van der Waals surface area contributed by atoms with E-state index in [4.69, 9.17) is 14.2 Å². The number of unbranched alkanes of at least 4 members (excludes halogenated alkanes) is 38. The van der Waals surface area contributed by atoms with Gasteiger partial charge in [-0.15, -0.1) is 0 Å². The molecule has 0 radical (unpaired) electrons. The number of carbonyl (C=O) groups excluding carboxylic acids is 3. The number of hydrogen-bond acceptors (Lipinski definition) is 6. The molecule has 0 aliphatic heterocycles. The fourth-order valence-corrected chi connectivity index (χ4v) is 8.55. The number of carbonyl (C=O) groups is 3. The van der Waals surface area contributed by atoms with Gasteiger partial charge < -0.3 is 14.2 Å². The smallest absolute Gasteiger partial charge is 0.306 e. The van der Waals surface area contributed by atoms with Crippen LogP contribution in [0.4, 0.5) is 0 Å². The SMILES string of the molecule is CCCCCCC/C=C/CCCCCCCC(=O)OC[C@H](COC(=O)CCCCCCCCC/C=C/CCCCCCCC)OC(=O)CCCCCCCCCCCCCCCCCC. The first-order valence-electron chi connectivity index (χ1n) is 28.8. The Morgan fingerprint density at radius 2 is 0.508 bits per heavy atom. The number of esters is 3. The van der Waals surface area contributed by atoms with Crippen molar-refractivity contribution in [2.24, 2.45) is 0 Å². The van der Waals surface area contributed by atoms with Gasteiger partial charge in [-0.3, -0.25) is 14.4 Å². The molecule has 0 rings (SSSR count). The van der Waals surface area contributed by atoms with Crippen LogP contribution in [0.25, 0.3) is 0 Å². The van der Waals surface area contributed by atoms with Gasteiger partial charge in [-0.2, -0.15) is 0 Å². The zero-order valence-electron chi connectivity index (χ0n) is 43.8. The maximum Gasteiger partial charge on any atom is 0.306 e. The normalized spacial score (nSPS) is 12.1. The average Bonchev–Trinajstić information content (AvgIpc) is 3.30. The molecule has 0 spiro atoms. The van der Waals surface area contributed by atoms with Crippen molar-refractivity contribution in [2.75, 3.05) is 13.2 Å². The fourth-order valence-electron chi connectivity index (χ4n) is 8.55. The highest BCUT2D eigenvalue weighted by molar-refractivity contribution is 5.71. The summed E-state index contributed by atoms with van der Waals surface area (Å²) in [6.45, 7) is 6.66. The minimum absolute atomic E-state index is 0.0719. The zero-order chi connectivity index (χ0) is 47.2. The Balaban J connectivity index is 4.34. The molecular formula is C59H110O6. The summed E-state index contributed by atoms with van der Waals surface area (Å²) in [4.78, 5) is 38.1. The van der Waals surface area contributed by atoms with Gasteiger partial charge in [0.25, 0.3) is 0 Å². The fraction of sp³-hybridized carbons (Fsp3) is 0.881. The van der Waals surface area contributed by atoms with Gasteiger partial charge in [0.05, 0.1) is 0 Å². The first-order chi connectivity index (χ1) is 32.0. The number of hydrogen-bond donors (Lipinski definition) is 0. The third kappa shape index (κ3) is 52.7. The summed E-state index contributed by atoms with van der Waals surface area (Å²) >= 11 is 0. The van der Waals surface area contributed by atoms with Gasteiger partial charge in [0.1, 0.15) is 13.2 Å². The van der Waals surface area contributed by atoms with E-state index in [-0.39, 0.29) is 31.1 Å². The first-order valence-corrected chi connectivity index (χ1v) is 28.8. The Kier molecular flexibility index (Phi) is 52.7. The van der Waals surface area contributed by atoms with E-state index >= 15 is 0 Å². The minimum atomic E-state index is -0.772. The van der Waals surface area contributed by atoms with E-state index in [0.717, 1.165) is 64.2 Å². The van der Waals surface area contributed by atoms with Gasteiger partial charge in [-0.25, -0.2) is 0 Å². The first kappa shape index (κ1) is 62.9. The van der Waals surface area contributed by atoms with E-state index < -0.39 is 6.10 Å². The Morgan fingerprint density at radius 1 is 0.292 bits per heavy atom. The van der Waals surface area contributed by atoms with Gasteiger partial charge in [-0.1, -0.05) is 251 Å². The molecule has 0 amide bonds. The van der Waals surface area contributed by atoms with E-state index in [0.29, 0.717) is 19.3 Å². The largest absolute Gasteiger partial charge is 0.462 e. The standard InChI is InChI=1S/C59H110O6/c1-4-7-10-13-16-19-22-25-28-30-32-34-37-40-43-46-49-52-58(61)64-55-56(54-63-57(60)51-48-45-42-39-36-33-27-24-21-18-15-12-9-6-3)65-59(62)53-50-47-44-41-38-35-31-29-26-23-20-17-14-11-8-5-2/h24-25,27-28,56H,4-23,26,29-55H2,1-3H3/b27-24+,28-25+/t56-/m1/s1. The molecule has 0 unspecified atom stereocenters. The molecule has 0 saturated heterocycles. The summed E-state index contributed by atoms with van der Waals surface area (Å²) in [5.74, 6) is -0.865. The van der Waals surface area contributed by atoms with Crippen LogP contribution in [0, 0.1) is 0 Å². The maximum absolute atomic E-state index is 12.8. The van der Waals surface area contributed by atoms with Gasteiger partial charge in [0.2, 0.25) is 0 Å². The topological polar surface area (TPSA) is 78.9 Å². The quantitative estimate of drug-likeness (QED) is 0.0262. The van der Waals surface area contributed by atoms with E-state index in [1.807, 2.05) is 0 Å². The van der Waals surface area contributed by atoms with E-state index in [1.54, 1.807) is 0 Å². The average molecular weight is 916 g/mol. The van der Waals surface area contributed by atoms with Crippen LogP contribution in [0.2, 0.25) is 0 Å². The molecule has 0 aliphatic carbocycles. The molecule has 0 aromatic heterocycles. The Bertz CT molecular complexity index is 1050. The molecule has 0 aromatic carbocycles. The lowest BCUT2D eigenvalue weighted by Gasteiger charge is -2.18. The van der Waals surface area contributed by atoms with Crippen LogP contribution in [0.1, 0.15) is 316 Å². The molecular weight excluding hydrogens is 805 g/mol. The number of ether oxygens (including phenoxy) is 3. The lowest BCUT2D eigenvalue weighted by atomic mass is 10.0. The monoisotopic (exact) mass is 915 g/mol. The van der Waals surface area contributed by atoms with E-state index in [2.05, 4.69) is 45.1 Å². The van der Waals surface area contributed by atoms with Gasteiger partial charge in [0, 0.05) is 19.3 Å². The molecule has 6 nitrogen and oxygen atoms in total. The lowest BCUT2D eigenvalue weighted by Crippen LogP contribution is -2.30. The van der Waals surface area contributed by atoms with Crippen molar-refractivity contribution in [1.82, 2.24) is 0 Å². The van der Waals surface area contributed by atoms with Crippen LogP contribution in [0.3, 0.4) is 0 Å². The van der Waals surface area contributed by atoms with Gasteiger partial charge in [-0.05, 0) is 70.6 Å². The maximum atomic E-state index is 12.8. The third-order valence-electron chi connectivity index (χ3n) is 12.9. The highest BCUT2D eigenvalue weighted by Crippen LogP contribution is 2.16. The summed E-state index contributed by atoms with van der Waals surface area (Å²) < 4.78 is 16.9. The molecule has 0 heterocycles. The third-order valence-corrected chi connectivity index (χ3v) is 12.9. The molecule has 1 atom stereocenters. The molecule has 0 fully saturated rings. The van der Waals surface area contributed by atoms with Crippen molar-refractivity contribution in [2.45, 2.75) is 322 Å². The van der Waals surface area contributed by atoms with Crippen LogP contribution < -0.4 is 0 Å². The molecule has 0 saturated carbocycles. The summed E-state index contributed by atoms with van der Waals surface area (Å²) in [5, 5.41) is 0. The second kappa shape index (κ2) is 54.5. The molecule has 65 heavy (non-hydrogen) atoms. The van der Waals surface area contributed by atoms with Crippen molar-refractivity contribution < 1.29 is 28.6 Å². The second-order valence-electron chi connectivity index (χ2n) is 19.6. The van der Waals surface area contributed by atoms with Crippen molar-refractivity contribution >= 4 is 17.9 Å². The molecule has 0 aliphatic rings. The van der Waals surface area contributed by atoms with Crippen molar-refractivity contribution in [3.05, 3.63) is 24.3 Å². The van der Waals surface area contributed by atoms with Crippen molar-refractivity contribution in [3.63, 3.8) is 0 Å². The minimum Gasteiger partial charge on any atom is -0.462 e. The summed E-state index contributed by atoms with van der Waals surface area (Å²) in [7, 11) is 0. The van der Waals surface area contributed by atoms with Crippen LogP contribution >= 0.6 is 0 Å². The molecule has 0 bridgehead atoms. The van der Waals surface area contributed by atoms with Crippen LogP contribution in [-0.2, 0) is 28.6 Å². The highest BCUT2D eigenvalue weighted by atomic mass is 16.6. The zero-order valence-corrected chi connectivity index (χ0v) is 43.8. The van der Waals surface area contributed by atoms with E-state index in [9.17, 15) is 14.4 Å². The van der Waals surface area contributed by atoms with Gasteiger partial charge >= 0.3 is 17.9 Å². The predicted octanol–water partition coefficient (Wildman–Crippen LogP) is 19.1. The van der Waals surface area contributed by atoms with Crippen LogP contribution in [-0.4, -0.2) is 37.2 Å². The van der Waals surface area contributed by atoms with Crippen LogP contribution in [0.15, 0.2) is 24.3 Å². The lowest BCUT2D eigenvalue weighted by molar-refractivity contribution is -0.167. The Hall–Kier alpha value is -2.11. The van der Waals surface area contributed by atoms with Crippen molar-refractivity contribution in [1.29, 1.82) is 0 Å². The Morgan fingerprint density at radius 3 is 0.769 bits per heavy atom. The summed E-state index contributed by atoms with van der Waals surface area (Å²) in [5.41, 5.74) is 0. The molecule has 0 N–H and O–H groups in total. The molecule has 382 valence electrons. The highest BCUT2D eigenvalue weighted by Gasteiger charge is 2.19. The number of allylic oxidation sites excluding steroid dienone is 4. The van der Waals surface area contributed by atoms with Crippen LogP contribution in [0.5, 0.6) is 0 Å². The molecule has 6 heteroatoms. The summed E-state index contributed by atoms with van der Waals surface area (Å²) in [6.07, 6.45) is 63.0. The van der Waals surface area contributed by atoms with Gasteiger partial charge in [0.15, 0.2) is 6.10 Å². The Labute approximate surface area is 404 Å². The van der Waals surface area contributed by atoms with Crippen molar-refractivity contribution in [3.8, 4) is 0 Å². The number of rotatable bonds is 53. The molecule has 0 aromatic rings.